The smallest absolute Gasteiger partial charge is 0.300 e. The van der Waals surface area contributed by atoms with Crippen molar-refractivity contribution in [2.24, 2.45) is 7.05 Å². The first-order valence-electron chi connectivity index (χ1n) is 9.15. The van der Waals surface area contributed by atoms with E-state index in [1.54, 1.807) is 0 Å². The van der Waals surface area contributed by atoms with E-state index < -0.39 is 54.6 Å². The fourth-order valence-electron chi connectivity index (χ4n) is 3.14. The highest BCUT2D eigenvalue weighted by molar-refractivity contribution is 5.64. The van der Waals surface area contributed by atoms with Gasteiger partial charge in [-0.15, -0.1) is 0 Å². The third-order valence-electron chi connectivity index (χ3n) is 5.00. The summed E-state index contributed by atoms with van der Waals surface area (Å²) in [4.78, 5) is 17.0. The van der Waals surface area contributed by atoms with Gasteiger partial charge in [-0.3, -0.25) is 9.36 Å². The molecule has 1 aromatic heterocycles. The van der Waals surface area contributed by atoms with Gasteiger partial charge in [0.15, 0.2) is 18.3 Å². The topological polar surface area (TPSA) is 208 Å². The fraction of sp³-hybridized carbons (Fsp3) is 0.750. The van der Waals surface area contributed by atoms with E-state index in [9.17, 15) is 35.4 Å². The summed E-state index contributed by atoms with van der Waals surface area (Å²) in [7, 11) is 2.67. The molecule has 170 valence electrons. The summed E-state index contributed by atoms with van der Waals surface area (Å²) >= 11 is 0. The monoisotopic (exact) mass is 434 g/mol. The van der Waals surface area contributed by atoms with Gasteiger partial charge in [0.05, 0.1) is 20.3 Å². The number of hydrogen-bond donors (Lipinski definition) is 8. The molecule has 14 nitrogen and oxygen atoms in total. The molecule has 0 saturated carbocycles. The van der Waals surface area contributed by atoms with E-state index in [1.165, 1.54) is 14.2 Å². The van der Waals surface area contributed by atoms with Gasteiger partial charge in [0.2, 0.25) is 0 Å². The first-order chi connectivity index (χ1) is 14.1. The van der Waals surface area contributed by atoms with Crippen LogP contribution in [-0.2, 0) is 16.5 Å². The molecule has 2 aliphatic rings. The maximum Gasteiger partial charge on any atom is 0.300 e. The van der Waals surface area contributed by atoms with Crippen molar-refractivity contribution in [1.82, 2.24) is 9.55 Å². The average molecular weight is 434 g/mol. The Morgan fingerprint density at radius 1 is 0.933 bits per heavy atom. The molecule has 14 heteroatoms. The molecule has 8 atom stereocenters. The van der Waals surface area contributed by atoms with Crippen molar-refractivity contribution >= 4 is 11.5 Å². The van der Waals surface area contributed by atoms with Crippen LogP contribution in [-0.4, -0.2) is 110 Å². The lowest BCUT2D eigenvalue weighted by atomic mass is 10.0. The molecule has 1 unspecified atom stereocenters. The number of ether oxygens (including phenoxy) is 3. The Labute approximate surface area is 170 Å². The molecular formula is C16H26N4O10. The molecule has 0 amide bonds. The minimum atomic E-state index is -1.57. The van der Waals surface area contributed by atoms with Gasteiger partial charge in [0.25, 0.3) is 5.56 Å². The van der Waals surface area contributed by atoms with Crippen molar-refractivity contribution in [2.75, 3.05) is 31.0 Å². The van der Waals surface area contributed by atoms with Crippen LogP contribution in [0.2, 0.25) is 0 Å². The van der Waals surface area contributed by atoms with E-state index in [0.717, 1.165) is 4.57 Å². The molecule has 8 N–H and O–H groups in total. The van der Waals surface area contributed by atoms with Crippen molar-refractivity contribution in [1.29, 1.82) is 0 Å². The molecule has 0 aromatic carbocycles. The predicted molar refractivity (Wildman–Crippen MR) is 98.8 cm³/mol. The summed E-state index contributed by atoms with van der Waals surface area (Å²) in [6.45, 7) is -0.577. The van der Waals surface area contributed by atoms with Gasteiger partial charge < -0.3 is 55.5 Å². The van der Waals surface area contributed by atoms with E-state index in [0.29, 0.717) is 0 Å². The van der Waals surface area contributed by atoms with Gasteiger partial charge >= 0.3 is 6.01 Å². The second-order valence-corrected chi connectivity index (χ2v) is 7.08. The molecule has 0 radical (unpaired) electrons. The minimum absolute atomic E-state index is 0.0977. The number of nitrogens with one attached hydrogen (secondary N) is 2. The van der Waals surface area contributed by atoms with Gasteiger partial charge in [0.1, 0.15) is 42.3 Å². The van der Waals surface area contributed by atoms with Crippen LogP contribution in [0.15, 0.2) is 4.79 Å². The van der Waals surface area contributed by atoms with Gasteiger partial charge in [-0.2, -0.15) is 4.98 Å². The van der Waals surface area contributed by atoms with Gasteiger partial charge in [-0.05, 0) is 0 Å². The van der Waals surface area contributed by atoms with Crippen LogP contribution in [0.4, 0.5) is 11.5 Å². The Morgan fingerprint density at radius 3 is 1.93 bits per heavy atom. The maximum atomic E-state index is 12.8. The van der Waals surface area contributed by atoms with Crippen LogP contribution < -0.4 is 20.9 Å². The third kappa shape index (κ3) is 4.21. The second kappa shape index (κ2) is 8.99. The Bertz CT molecular complexity index is 807. The normalized spacial score (nSPS) is 36.9. The summed E-state index contributed by atoms with van der Waals surface area (Å²) in [5, 5.41) is 64.5. The number of hydrogen-bond acceptors (Lipinski definition) is 13. The largest absolute Gasteiger partial charge is 0.468 e. The Hall–Kier alpha value is -2.04. The quantitative estimate of drug-likeness (QED) is 0.220. The lowest BCUT2D eigenvalue weighted by molar-refractivity contribution is -0.179. The number of nitrogens with zero attached hydrogens (tertiary/aromatic N) is 2. The van der Waals surface area contributed by atoms with Crippen molar-refractivity contribution < 1.29 is 44.8 Å². The van der Waals surface area contributed by atoms with Gasteiger partial charge in [-0.25, -0.2) is 0 Å². The third-order valence-corrected chi connectivity index (χ3v) is 5.00. The zero-order valence-electron chi connectivity index (χ0n) is 16.2. The first kappa shape index (κ1) is 22.6. The zero-order valence-corrected chi connectivity index (χ0v) is 16.2. The number of rotatable bonds is 5. The predicted octanol–water partition coefficient (Wildman–Crippen LogP) is -4.51. The molecule has 3 heterocycles. The standard InChI is InChI=1S/C16H26N4O10/c1-20-15(27)7(17-13-10(25)8(23)5(21)3-29-13)12(19-16(20)28-2)18-14-11(26)9(24)6(22)4-30-14/h5-6,8-11,13-14,17-18,21-26H,3-4H2,1-2H3/t5-,6-,8+,9+,10-,11-,13?,14+/m1/s1. The molecular weight excluding hydrogens is 408 g/mol. The molecule has 0 spiro atoms. The number of aliphatic hydroxyl groups is 6. The van der Waals surface area contributed by atoms with Crippen LogP contribution >= 0.6 is 0 Å². The van der Waals surface area contributed by atoms with Crippen molar-refractivity contribution in [3.8, 4) is 6.01 Å². The Balaban J connectivity index is 1.92. The van der Waals surface area contributed by atoms with Crippen LogP contribution in [0.25, 0.3) is 0 Å². The summed E-state index contributed by atoms with van der Waals surface area (Å²) in [5.41, 5.74) is -0.881. The van der Waals surface area contributed by atoms with E-state index in [2.05, 4.69) is 15.6 Å². The first-order valence-corrected chi connectivity index (χ1v) is 9.15. The highest BCUT2D eigenvalue weighted by Crippen LogP contribution is 2.25. The molecule has 2 saturated heterocycles. The van der Waals surface area contributed by atoms with E-state index in [-0.39, 0.29) is 30.7 Å². The van der Waals surface area contributed by atoms with Crippen molar-refractivity contribution in [3.63, 3.8) is 0 Å². The molecule has 30 heavy (non-hydrogen) atoms. The summed E-state index contributed by atoms with van der Waals surface area (Å²) < 4.78 is 16.7. The number of aliphatic hydroxyl groups excluding tert-OH is 6. The van der Waals surface area contributed by atoms with E-state index >= 15 is 0 Å². The lowest BCUT2D eigenvalue weighted by Crippen LogP contribution is -2.56. The molecule has 2 fully saturated rings. The SMILES string of the molecule is COc1nc(N[C@H]2OC[C@@H](O)[C@H](O)[C@H]2O)c(NC2OC[C@@H](O)[C@H](O)[C@H]2O)c(=O)n1C. The van der Waals surface area contributed by atoms with Crippen molar-refractivity contribution in [3.05, 3.63) is 10.4 Å². The fourth-order valence-corrected chi connectivity index (χ4v) is 3.14. The maximum absolute atomic E-state index is 12.8. The van der Waals surface area contributed by atoms with Crippen molar-refractivity contribution in [2.45, 2.75) is 49.1 Å². The highest BCUT2D eigenvalue weighted by Gasteiger charge is 2.40. The Morgan fingerprint density at radius 2 is 1.43 bits per heavy atom. The summed E-state index contributed by atoms with van der Waals surface area (Å²) in [6, 6.07) is -0.0977. The molecule has 3 rings (SSSR count). The molecule has 0 aliphatic carbocycles. The van der Waals surface area contributed by atoms with E-state index in [1.807, 2.05) is 0 Å². The van der Waals surface area contributed by atoms with Gasteiger partial charge in [-0.1, -0.05) is 0 Å². The molecule has 1 aromatic rings. The van der Waals surface area contributed by atoms with E-state index in [4.69, 9.17) is 14.2 Å². The Kier molecular flexibility index (Phi) is 6.78. The number of aromatic nitrogens is 2. The van der Waals surface area contributed by atoms with Crippen LogP contribution in [0.3, 0.4) is 0 Å². The summed E-state index contributed by atoms with van der Waals surface area (Å²) in [5.74, 6) is -0.168. The summed E-state index contributed by atoms with van der Waals surface area (Å²) in [6.07, 6.45) is -11.2. The number of anilines is 2. The minimum Gasteiger partial charge on any atom is -0.468 e. The van der Waals surface area contributed by atoms with Crippen LogP contribution in [0.5, 0.6) is 6.01 Å². The van der Waals surface area contributed by atoms with Crippen LogP contribution in [0, 0.1) is 0 Å². The van der Waals surface area contributed by atoms with Gasteiger partial charge in [0, 0.05) is 7.05 Å². The highest BCUT2D eigenvalue weighted by atomic mass is 16.5. The second-order valence-electron chi connectivity index (χ2n) is 7.08. The molecule has 2 aliphatic heterocycles. The number of methoxy groups -OCH3 is 1. The lowest BCUT2D eigenvalue weighted by Gasteiger charge is -2.37. The average Bonchev–Trinajstić information content (AvgIpc) is 2.73. The van der Waals surface area contributed by atoms with Crippen LogP contribution in [0.1, 0.15) is 0 Å². The zero-order chi connectivity index (χ0) is 22.2. The molecule has 0 bridgehead atoms.